The summed E-state index contributed by atoms with van der Waals surface area (Å²) >= 11 is 6.07. The van der Waals surface area contributed by atoms with Gasteiger partial charge in [-0.2, -0.15) is 5.26 Å². The first-order valence-electron chi connectivity index (χ1n) is 7.28. The van der Waals surface area contributed by atoms with Crippen molar-refractivity contribution in [1.29, 1.82) is 5.26 Å². The van der Waals surface area contributed by atoms with Crippen molar-refractivity contribution in [3.63, 3.8) is 0 Å². The highest BCUT2D eigenvalue weighted by Crippen LogP contribution is 2.26. The van der Waals surface area contributed by atoms with E-state index >= 15 is 0 Å². The summed E-state index contributed by atoms with van der Waals surface area (Å²) in [5, 5.41) is 12.5. The molecule has 1 amide bonds. The van der Waals surface area contributed by atoms with Gasteiger partial charge < -0.3 is 10.1 Å². The SMILES string of the molecule is COc1ccc(C=C(C#N)C(=O)Nc2cc(C)ccc2C)cc1Cl. The summed E-state index contributed by atoms with van der Waals surface area (Å²) in [6, 6.07) is 12.7. The Morgan fingerprint density at radius 2 is 2.00 bits per heavy atom. The van der Waals surface area contributed by atoms with E-state index in [4.69, 9.17) is 16.3 Å². The van der Waals surface area contributed by atoms with Crippen LogP contribution in [0, 0.1) is 25.2 Å². The molecule has 0 atom stereocenters. The third kappa shape index (κ3) is 4.15. The first kappa shape index (κ1) is 17.6. The first-order chi connectivity index (χ1) is 11.4. The molecular formula is C19H17ClN2O2. The second-order valence-electron chi connectivity index (χ2n) is 5.34. The van der Waals surface area contributed by atoms with Crippen molar-refractivity contribution in [1.82, 2.24) is 0 Å². The lowest BCUT2D eigenvalue weighted by atomic mass is 10.1. The highest BCUT2D eigenvalue weighted by molar-refractivity contribution is 6.32. The maximum absolute atomic E-state index is 12.4. The van der Waals surface area contributed by atoms with E-state index in [0.717, 1.165) is 11.1 Å². The van der Waals surface area contributed by atoms with Crippen molar-refractivity contribution < 1.29 is 9.53 Å². The van der Waals surface area contributed by atoms with Gasteiger partial charge in [0.15, 0.2) is 0 Å². The number of halogens is 1. The fourth-order valence-corrected chi connectivity index (χ4v) is 2.41. The zero-order valence-corrected chi connectivity index (χ0v) is 14.4. The Bertz CT molecular complexity index is 851. The molecule has 0 aliphatic carbocycles. The smallest absolute Gasteiger partial charge is 0.266 e. The van der Waals surface area contributed by atoms with Gasteiger partial charge in [0.05, 0.1) is 12.1 Å². The minimum Gasteiger partial charge on any atom is -0.495 e. The van der Waals surface area contributed by atoms with E-state index in [1.807, 2.05) is 38.1 Å². The van der Waals surface area contributed by atoms with Crippen LogP contribution in [-0.4, -0.2) is 13.0 Å². The van der Waals surface area contributed by atoms with Gasteiger partial charge in [-0.25, -0.2) is 0 Å². The van der Waals surface area contributed by atoms with Crippen molar-refractivity contribution in [2.45, 2.75) is 13.8 Å². The summed E-state index contributed by atoms with van der Waals surface area (Å²) in [6.07, 6.45) is 1.49. The highest BCUT2D eigenvalue weighted by Gasteiger charge is 2.11. The summed E-state index contributed by atoms with van der Waals surface area (Å²) in [5.41, 5.74) is 3.29. The molecule has 2 aromatic rings. The molecule has 0 radical (unpaired) electrons. The van der Waals surface area contributed by atoms with Gasteiger partial charge in [0.2, 0.25) is 0 Å². The monoisotopic (exact) mass is 340 g/mol. The minimum atomic E-state index is -0.460. The summed E-state index contributed by atoms with van der Waals surface area (Å²) in [4.78, 5) is 12.4. The van der Waals surface area contributed by atoms with Crippen LogP contribution in [0.2, 0.25) is 5.02 Å². The maximum Gasteiger partial charge on any atom is 0.266 e. The number of carbonyl (C=O) groups excluding carboxylic acids is 1. The van der Waals surface area contributed by atoms with Gasteiger partial charge in [-0.3, -0.25) is 4.79 Å². The number of carbonyl (C=O) groups is 1. The van der Waals surface area contributed by atoms with Crippen molar-refractivity contribution in [2.24, 2.45) is 0 Å². The van der Waals surface area contributed by atoms with Crippen LogP contribution in [0.3, 0.4) is 0 Å². The van der Waals surface area contributed by atoms with Gasteiger partial charge >= 0.3 is 0 Å². The van der Waals surface area contributed by atoms with Crippen LogP contribution >= 0.6 is 11.6 Å². The summed E-state index contributed by atoms with van der Waals surface area (Å²) < 4.78 is 5.09. The Hall–Kier alpha value is -2.77. The predicted molar refractivity (Wildman–Crippen MR) is 96.1 cm³/mol. The number of hydrogen-bond donors (Lipinski definition) is 1. The lowest BCUT2D eigenvalue weighted by Gasteiger charge is -2.09. The number of nitrogens with zero attached hydrogens (tertiary/aromatic N) is 1. The molecule has 0 saturated heterocycles. The molecule has 122 valence electrons. The number of nitriles is 1. The molecule has 0 aliphatic rings. The average Bonchev–Trinajstić information content (AvgIpc) is 2.56. The van der Waals surface area contributed by atoms with Crippen LogP contribution < -0.4 is 10.1 Å². The van der Waals surface area contributed by atoms with Crippen molar-refractivity contribution in [3.8, 4) is 11.8 Å². The van der Waals surface area contributed by atoms with Crippen molar-refractivity contribution in [3.05, 3.63) is 63.7 Å². The van der Waals surface area contributed by atoms with Gasteiger partial charge in [0.25, 0.3) is 5.91 Å². The molecule has 4 nitrogen and oxygen atoms in total. The molecular weight excluding hydrogens is 324 g/mol. The van der Waals surface area contributed by atoms with E-state index in [9.17, 15) is 10.1 Å². The number of amides is 1. The molecule has 0 saturated carbocycles. The Kier molecular flexibility index (Phi) is 5.62. The minimum absolute atomic E-state index is 0.00265. The molecule has 0 heterocycles. The van der Waals surface area contributed by atoms with Gasteiger partial charge in [0, 0.05) is 5.69 Å². The molecule has 0 bridgehead atoms. The molecule has 2 aromatic carbocycles. The van der Waals surface area contributed by atoms with E-state index < -0.39 is 5.91 Å². The van der Waals surface area contributed by atoms with Crippen molar-refractivity contribution in [2.75, 3.05) is 12.4 Å². The second-order valence-corrected chi connectivity index (χ2v) is 5.74. The fourth-order valence-electron chi connectivity index (χ4n) is 2.15. The molecule has 0 spiro atoms. The van der Waals surface area contributed by atoms with E-state index in [-0.39, 0.29) is 5.57 Å². The summed E-state index contributed by atoms with van der Waals surface area (Å²) in [5.74, 6) is 0.0744. The summed E-state index contributed by atoms with van der Waals surface area (Å²) in [6.45, 7) is 3.84. The molecule has 0 aliphatic heterocycles. The molecule has 2 rings (SSSR count). The summed E-state index contributed by atoms with van der Waals surface area (Å²) in [7, 11) is 1.52. The van der Waals surface area contributed by atoms with Crippen LogP contribution in [0.15, 0.2) is 42.0 Å². The second kappa shape index (κ2) is 7.67. The number of hydrogen-bond acceptors (Lipinski definition) is 3. The van der Waals surface area contributed by atoms with Crippen LogP contribution in [0.25, 0.3) is 6.08 Å². The fraction of sp³-hybridized carbons (Fsp3) is 0.158. The zero-order chi connectivity index (χ0) is 17.7. The first-order valence-corrected chi connectivity index (χ1v) is 7.66. The van der Waals surface area contributed by atoms with Gasteiger partial charge in [-0.1, -0.05) is 29.8 Å². The number of anilines is 1. The quantitative estimate of drug-likeness (QED) is 0.658. The Labute approximate surface area is 146 Å². The van der Waals surface area contributed by atoms with Gasteiger partial charge in [0.1, 0.15) is 17.4 Å². The van der Waals surface area contributed by atoms with Gasteiger partial charge in [-0.15, -0.1) is 0 Å². The lowest BCUT2D eigenvalue weighted by molar-refractivity contribution is -0.112. The Morgan fingerprint density at radius 1 is 1.25 bits per heavy atom. The Balaban J connectivity index is 2.27. The molecule has 1 N–H and O–H groups in total. The molecule has 0 unspecified atom stereocenters. The number of benzene rings is 2. The molecule has 24 heavy (non-hydrogen) atoms. The number of ether oxygens (including phenoxy) is 1. The Morgan fingerprint density at radius 3 is 2.62 bits per heavy atom. The average molecular weight is 341 g/mol. The molecule has 5 heteroatoms. The molecule has 0 aromatic heterocycles. The van der Waals surface area contributed by atoms with Crippen LogP contribution in [0.5, 0.6) is 5.75 Å². The van der Waals surface area contributed by atoms with Crippen molar-refractivity contribution >= 4 is 29.3 Å². The number of nitrogens with one attached hydrogen (secondary N) is 1. The van der Waals surface area contributed by atoms with Crippen LogP contribution in [0.1, 0.15) is 16.7 Å². The van der Waals surface area contributed by atoms with Gasteiger partial charge in [-0.05, 0) is 54.8 Å². The van der Waals surface area contributed by atoms with E-state index in [2.05, 4.69) is 5.32 Å². The lowest BCUT2D eigenvalue weighted by Crippen LogP contribution is -2.14. The normalized spacial score (nSPS) is 10.9. The van der Waals surface area contributed by atoms with E-state index in [0.29, 0.717) is 22.0 Å². The number of aryl methyl sites for hydroxylation is 2. The third-order valence-corrected chi connectivity index (χ3v) is 3.79. The highest BCUT2D eigenvalue weighted by atomic mass is 35.5. The standard InChI is InChI=1S/C19H17ClN2O2/c1-12-4-5-13(2)17(8-12)22-19(23)15(11-21)9-14-6-7-18(24-3)16(20)10-14/h4-10H,1-3H3,(H,22,23). The largest absolute Gasteiger partial charge is 0.495 e. The topological polar surface area (TPSA) is 62.1 Å². The van der Waals surface area contributed by atoms with E-state index in [1.165, 1.54) is 13.2 Å². The third-order valence-electron chi connectivity index (χ3n) is 3.49. The maximum atomic E-state index is 12.4. The predicted octanol–water partition coefficient (Wildman–Crippen LogP) is 4.51. The molecule has 0 fully saturated rings. The number of rotatable bonds is 4. The number of methoxy groups -OCH3 is 1. The van der Waals surface area contributed by atoms with E-state index in [1.54, 1.807) is 18.2 Å². The van der Waals surface area contributed by atoms with Crippen LogP contribution in [0.4, 0.5) is 5.69 Å². The van der Waals surface area contributed by atoms with Crippen LogP contribution in [-0.2, 0) is 4.79 Å². The zero-order valence-electron chi connectivity index (χ0n) is 13.7.